The van der Waals surface area contributed by atoms with Gasteiger partial charge in [-0.15, -0.1) is 11.3 Å². The van der Waals surface area contributed by atoms with Crippen molar-refractivity contribution in [3.8, 4) is 11.3 Å². The average molecular weight is 229 g/mol. The lowest BCUT2D eigenvalue weighted by molar-refractivity contribution is 0.628. The van der Waals surface area contributed by atoms with Crippen molar-refractivity contribution in [2.45, 2.75) is 0 Å². The normalized spacial score (nSPS) is 10.4. The Morgan fingerprint density at radius 1 is 1.43 bits per heavy atom. The fraction of sp³-hybridized carbons (Fsp3) is 0. The maximum Gasteiger partial charge on any atom is 0.124 e. The van der Waals surface area contributed by atoms with Crippen molar-refractivity contribution in [1.29, 1.82) is 0 Å². The first-order valence-electron chi connectivity index (χ1n) is 3.83. The minimum atomic E-state index is -0.368. The predicted molar refractivity (Wildman–Crippen MR) is 56.9 cm³/mol. The standard InChI is InChI=1S/C9H6ClFN2S/c10-7-3-5(11)1-2-6(7)8-9(12)14-4-13-8/h1-4H,12H2. The molecule has 0 radical (unpaired) electrons. The van der Waals surface area contributed by atoms with Gasteiger partial charge < -0.3 is 5.73 Å². The Kier molecular flexibility index (Phi) is 2.39. The lowest BCUT2D eigenvalue weighted by Gasteiger charge is -2.01. The molecular weight excluding hydrogens is 223 g/mol. The Morgan fingerprint density at radius 2 is 2.21 bits per heavy atom. The van der Waals surface area contributed by atoms with Crippen LogP contribution in [0.5, 0.6) is 0 Å². The zero-order valence-electron chi connectivity index (χ0n) is 7.00. The lowest BCUT2D eigenvalue weighted by atomic mass is 10.1. The third-order valence-electron chi connectivity index (χ3n) is 1.78. The van der Waals surface area contributed by atoms with E-state index in [0.29, 0.717) is 21.3 Å². The van der Waals surface area contributed by atoms with Crippen LogP contribution in [0, 0.1) is 5.82 Å². The van der Waals surface area contributed by atoms with E-state index >= 15 is 0 Å². The maximum absolute atomic E-state index is 12.8. The van der Waals surface area contributed by atoms with Crippen LogP contribution in [0.3, 0.4) is 0 Å². The van der Waals surface area contributed by atoms with Crippen molar-refractivity contribution in [2.24, 2.45) is 0 Å². The highest BCUT2D eigenvalue weighted by Gasteiger charge is 2.10. The second-order valence-corrected chi connectivity index (χ2v) is 3.98. The molecule has 0 saturated heterocycles. The molecule has 1 aromatic heterocycles. The van der Waals surface area contributed by atoms with Gasteiger partial charge in [0.05, 0.1) is 10.5 Å². The molecular formula is C9H6ClFN2S. The molecule has 2 aromatic rings. The highest BCUT2D eigenvalue weighted by Crippen LogP contribution is 2.33. The second-order valence-electron chi connectivity index (χ2n) is 2.69. The lowest BCUT2D eigenvalue weighted by Crippen LogP contribution is -1.87. The maximum atomic E-state index is 12.8. The van der Waals surface area contributed by atoms with Crippen LogP contribution in [0.1, 0.15) is 0 Å². The number of nitrogen functional groups attached to an aromatic ring is 1. The average Bonchev–Trinajstić information content (AvgIpc) is 2.52. The van der Waals surface area contributed by atoms with Crippen LogP contribution in [0.15, 0.2) is 23.7 Å². The summed E-state index contributed by atoms with van der Waals surface area (Å²) in [5, 5.41) is 0.904. The highest BCUT2D eigenvalue weighted by molar-refractivity contribution is 7.14. The van der Waals surface area contributed by atoms with Crippen LogP contribution < -0.4 is 5.73 Å². The van der Waals surface area contributed by atoms with Gasteiger partial charge in [-0.05, 0) is 18.2 Å². The quantitative estimate of drug-likeness (QED) is 0.814. The van der Waals surface area contributed by atoms with Gasteiger partial charge in [0.15, 0.2) is 0 Å². The molecule has 0 bridgehead atoms. The summed E-state index contributed by atoms with van der Waals surface area (Å²) in [6, 6.07) is 4.15. The van der Waals surface area contributed by atoms with Gasteiger partial charge >= 0.3 is 0 Å². The highest BCUT2D eigenvalue weighted by atomic mass is 35.5. The summed E-state index contributed by atoms with van der Waals surface area (Å²) in [4.78, 5) is 4.06. The molecule has 1 heterocycles. The summed E-state index contributed by atoms with van der Waals surface area (Å²) < 4.78 is 12.8. The van der Waals surface area contributed by atoms with Gasteiger partial charge in [0.1, 0.15) is 16.5 Å². The fourth-order valence-electron chi connectivity index (χ4n) is 1.14. The second kappa shape index (κ2) is 3.55. The number of hydrogen-bond donors (Lipinski definition) is 1. The topological polar surface area (TPSA) is 38.9 Å². The van der Waals surface area contributed by atoms with Crippen molar-refractivity contribution >= 4 is 27.9 Å². The molecule has 5 heteroatoms. The molecule has 0 atom stereocenters. The summed E-state index contributed by atoms with van der Waals surface area (Å²) in [6.07, 6.45) is 0. The Bertz CT molecular complexity index is 470. The van der Waals surface area contributed by atoms with Crippen molar-refractivity contribution in [1.82, 2.24) is 4.98 Å². The Balaban J connectivity index is 2.58. The molecule has 0 aliphatic carbocycles. The van der Waals surface area contributed by atoms with E-state index in [4.69, 9.17) is 17.3 Å². The molecule has 0 aliphatic rings. The molecule has 2 nitrogen and oxygen atoms in total. The number of hydrogen-bond acceptors (Lipinski definition) is 3. The van der Waals surface area contributed by atoms with Crippen molar-refractivity contribution in [3.05, 3.63) is 34.5 Å². The van der Waals surface area contributed by atoms with E-state index in [2.05, 4.69) is 4.98 Å². The van der Waals surface area contributed by atoms with E-state index in [0.717, 1.165) is 0 Å². The molecule has 1 aromatic carbocycles. The van der Waals surface area contributed by atoms with E-state index in [1.54, 1.807) is 11.6 Å². The first kappa shape index (κ1) is 9.43. The van der Waals surface area contributed by atoms with E-state index < -0.39 is 0 Å². The monoisotopic (exact) mass is 228 g/mol. The van der Waals surface area contributed by atoms with Gasteiger partial charge in [-0.25, -0.2) is 9.37 Å². The van der Waals surface area contributed by atoms with Gasteiger partial charge in [0, 0.05) is 5.56 Å². The number of halogens is 2. The minimum Gasteiger partial charge on any atom is -0.389 e. The number of aromatic nitrogens is 1. The molecule has 0 spiro atoms. The van der Waals surface area contributed by atoms with Crippen LogP contribution >= 0.6 is 22.9 Å². The molecule has 0 unspecified atom stereocenters. The molecule has 14 heavy (non-hydrogen) atoms. The number of nitrogens with two attached hydrogens (primary N) is 1. The van der Waals surface area contributed by atoms with Gasteiger partial charge in [0.25, 0.3) is 0 Å². The third kappa shape index (κ3) is 1.58. The van der Waals surface area contributed by atoms with Crippen molar-refractivity contribution < 1.29 is 4.39 Å². The van der Waals surface area contributed by atoms with Crippen LogP contribution in [0.2, 0.25) is 5.02 Å². The summed E-state index contributed by atoms with van der Waals surface area (Å²) in [5.41, 5.74) is 8.58. The summed E-state index contributed by atoms with van der Waals surface area (Å²) >= 11 is 7.19. The molecule has 2 N–H and O–H groups in total. The van der Waals surface area contributed by atoms with Gasteiger partial charge in [-0.3, -0.25) is 0 Å². The van der Waals surface area contributed by atoms with Crippen molar-refractivity contribution in [3.63, 3.8) is 0 Å². The van der Waals surface area contributed by atoms with Crippen LogP contribution in [0.25, 0.3) is 11.3 Å². The van der Waals surface area contributed by atoms with E-state index in [1.165, 1.54) is 23.5 Å². The molecule has 0 fully saturated rings. The Hall–Kier alpha value is -1.13. The van der Waals surface area contributed by atoms with E-state index in [9.17, 15) is 4.39 Å². The molecule has 0 amide bonds. The van der Waals surface area contributed by atoms with Gasteiger partial charge in [0.2, 0.25) is 0 Å². The summed E-state index contributed by atoms with van der Waals surface area (Å²) in [5.74, 6) is -0.368. The zero-order valence-corrected chi connectivity index (χ0v) is 8.57. The summed E-state index contributed by atoms with van der Waals surface area (Å²) in [7, 11) is 0. The first-order chi connectivity index (χ1) is 6.68. The van der Waals surface area contributed by atoms with Crippen LogP contribution in [0.4, 0.5) is 9.39 Å². The SMILES string of the molecule is Nc1scnc1-c1ccc(F)cc1Cl. The van der Waals surface area contributed by atoms with Gasteiger partial charge in [-0.2, -0.15) is 0 Å². The smallest absolute Gasteiger partial charge is 0.124 e. The molecule has 0 aliphatic heterocycles. The fourth-order valence-corrected chi connectivity index (χ4v) is 1.94. The Labute approximate surface area is 89.2 Å². The van der Waals surface area contributed by atoms with Crippen LogP contribution in [-0.2, 0) is 0 Å². The minimum absolute atomic E-state index is 0.322. The third-order valence-corrected chi connectivity index (χ3v) is 2.75. The first-order valence-corrected chi connectivity index (χ1v) is 5.08. The molecule has 0 saturated carbocycles. The largest absolute Gasteiger partial charge is 0.389 e. The molecule has 2 rings (SSSR count). The van der Waals surface area contributed by atoms with Gasteiger partial charge in [-0.1, -0.05) is 11.6 Å². The number of nitrogens with zero attached hydrogens (tertiary/aromatic N) is 1. The summed E-state index contributed by atoms with van der Waals surface area (Å²) in [6.45, 7) is 0. The number of benzene rings is 1. The predicted octanol–water partition coefficient (Wildman–Crippen LogP) is 3.18. The van der Waals surface area contributed by atoms with E-state index in [1.807, 2.05) is 0 Å². The number of anilines is 1. The zero-order chi connectivity index (χ0) is 10.1. The van der Waals surface area contributed by atoms with Crippen LogP contribution in [-0.4, -0.2) is 4.98 Å². The molecule has 72 valence electrons. The van der Waals surface area contributed by atoms with Crippen molar-refractivity contribution in [2.75, 3.05) is 5.73 Å². The number of rotatable bonds is 1. The van der Waals surface area contributed by atoms with E-state index in [-0.39, 0.29) is 5.82 Å². The number of thiazole rings is 1. The Morgan fingerprint density at radius 3 is 2.79 bits per heavy atom.